The Morgan fingerprint density at radius 3 is 2.57 bits per heavy atom. The quantitative estimate of drug-likeness (QED) is 0.657. The van der Waals surface area contributed by atoms with Gasteiger partial charge in [0, 0.05) is 24.5 Å². The van der Waals surface area contributed by atoms with Crippen LogP contribution in [0, 0.1) is 13.8 Å². The number of benzene rings is 1. The molecule has 1 aromatic carbocycles. The van der Waals surface area contributed by atoms with E-state index in [1.807, 2.05) is 48.7 Å². The third-order valence-electron chi connectivity index (χ3n) is 5.48. The molecule has 0 atom stereocenters. The van der Waals surface area contributed by atoms with Crippen molar-refractivity contribution in [1.29, 1.82) is 0 Å². The van der Waals surface area contributed by atoms with Gasteiger partial charge in [-0.05, 0) is 68.3 Å². The van der Waals surface area contributed by atoms with Gasteiger partial charge in [-0.3, -0.25) is 19.3 Å². The number of para-hydroxylation sites is 1. The molecule has 0 radical (unpaired) electrons. The second-order valence-electron chi connectivity index (χ2n) is 7.47. The van der Waals surface area contributed by atoms with Crippen molar-refractivity contribution in [2.75, 3.05) is 19.6 Å². The van der Waals surface area contributed by atoms with E-state index in [0.717, 1.165) is 52.1 Å². The maximum absolute atomic E-state index is 12.8. The van der Waals surface area contributed by atoms with Crippen LogP contribution in [-0.2, 0) is 9.59 Å². The number of halogens is 1. The fraction of sp³-hybridized carbons (Fsp3) is 0.318. The summed E-state index contributed by atoms with van der Waals surface area (Å²) in [7, 11) is 0. The molecule has 1 aromatic heterocycles. The third kappa shape index (κ3) is 3.79. The fourth-order valence-electron chi connectivity index (χ4n) is 3.92. The highest BCUT2D eigenvalue weighted by Gasteiger charge is 2.37. The molecule has 2 aliphatic heterocycles. The number of hydrogen-bond donors (Lipinski definition) is 0. The molecule has 3 heterocycles. The first-order valence-corrected chi connectivity index (χ1v) is 11.0. The fourth-order valence-corrected chi connectivity index (χ4v) is 4.97. The van der Waals surface area contributed by atoms with E-state index in [9.17, 15) is 14.4 Å². The van der Waals surface area contributed by atoms with Crippen molar-refractivity contribution in [1.82, 2.24) is 14.4 Å². The molecule has 6 nitrogen and oxygen atoms in total. The highest BCUT2D eigenvalue weighted by Crippen LogP contribution is 2.34. The van der Waals surface area contributed by atoms with Crippen LogP contribution in [0.3, 0.4) is 0 Å². The van der Waals surface area contributed by atoms with Crippen LogP contribution in [0.25, 0.3) is 11.8 Å². The molecule has 4 rings (SSSR count). The predicted octanol–water partition coefficient (Wildman–Crippen LogP) is 4.41. The van der Waals surface area contributed by atoms with Crippen molar-refractivity contribution in [2.24, 2.45) is 0 Å². The Balaban J connectivity index is 1.59. The molecule has 0 N–H and O–H groups in total. The van der Waals surface area contributed by atoms with E-state index in [2.05, 4.69) is 0 Å². The standard InChI is InChI=1S/C22H22ClN3O3S/c1-14-11-16(15(2)26(14)18-8-4-3-7-17(18)23)12-19-21(28)25(22(29)30-19)13-20(27)24-9-5-6-10-24/h3-4,7-8,11-12H,5-6,9-10,13H2,1-2H3/b19-12-. The lowest BCUT2D eigenvalue weighted by Crippen LogP contribution is -2.40. The van der Waals surface area contributed by atoms with Gasteiger partial charge in [0.2, 0.25) is 5.91 Å². The van der Waals surface area contributed by atoms with Gasteiger partial charge in [-0.1, -0.05) is 23.7 Å². The summed E-state index contributed by atoms with van der Waals surface area (Å²) in [5.41, 5.74) is 3.58. The topological polar surface area (TPSA) is 62.6 Å². The number of nitrogens with zero attached hydrogens (tertiary/aromatic N) is 3. The van der Waals surface area contributed by atoms with Crippen molar-refractivity contribution < 1.29 is 14.4 Å². The molecule has 30 heavy (non-hydrogen) atoms. The zero-order chi connectivity index (χ0) is 21.4. The van der Waals surface area contributed by atoms with Crippen molar-refractivity contribution in [2.45, 2.75) is 26.7 Å². The third-order valence-corrected chi connectivity index (χ3v) is 6.70. The molecule has 0 saturated carbocycles. The summed E-state index contributed by atoms with van der Waals surface area (Å²) in [5, 5.41) is 0.227. The minimum absolute atomic E-state index is 0.173. The first-order valence-electron chi connectivity index (χ1n) is 9.84. The number of aromatic nitrogens is 1. The van der Waals surface area contributed by atoms with E-state index in [4.69, 9.17) is 11.6 Å². The molecule has 8 heteroatoms. The molecule has 156 valence electrons. The molecule has 0 bridgehead atoms. The highest BCUT2D eigenvalue weighted by molar-refractivity contribution is 8.18. The van der Waals surface area contributed by atoms with E-state index in [1.165, 1.54) is 0 Å². The summed E-state index contributed by atoms with van der Waals surface area (Å²) in [6.45, 7) is 5.11. The SMILES string of the molecule is Cc1cc(/C=C2\SC(=O)N(CC(=O)N3CCCC3)C2=O)c(C)n1-c1ccccc1Cl. The Morgan fingerprint density at radius 1 is 1.17 bits per heavy atom. The largest absolute Gasteiger partial charge is 0.341 e. The van der Waals surface area contributed by atoms with Gasteiger partial charge in [0.05, 0.1) is 15.6 Å². The summed E-state index contributed by atoms with van der Waals surface area (Å²) >= 11 is 7.24. The summed E-state index contributed by atoms with van der Waals surface area (Å²) in [6.07, 6.45) is 3.66. The van der Waals surface area contributed by atoms with Crippen LogP contribution in [0.2, 0.25) is 5.02 Å². The number of carbonyl (C=O) groups is 3. The average molecular weight is 444 g/mol. The number of imide groups is 1. The van der Waals surface area contributed by atoms with Gasteiger partial charge in [0.15, 0.2) is 0 Å². The van der Waals surface area contributed by atoms with Crippen LogP contribution in [0.1, 0.15) is 29.8 Å². The molecule has 0 aliphatic carbocycles. The van der Waals surface area contributed by atoms with Gasteiger partial charge in [-0.15, -0.1) is 0 Å². The van der Waals surface area contributed by atoms with Gasteiger partial charge in [-0.25, -0.2) is 0 Å². The van der Waals surface area contributed by atoms with Gasteiger partial charge in [-0.2, -0.15) is 0 Å². The number of hydrogen-bond acceptors (Lipinski definition) is 4. The number of carbonyl (C=O) groups excluding carboxylic acids is 3. The first-order chi connectivity index (χ1) is 14.4. The van der Waals surface area contributed by atoms with Crippen LogP contribution in [-0.4, -0.2) is 51.1 Å². The van der Waals surface area contributed by atoms with E-state index >= 15 is 0 Å². The predicted molar refractivity (Wildman–Crippen MR) is 119 cm³/mol. The van der Waals surface area contributed by atoms with E-state index in [1.54, 1.807) is 11.0 Å². The monoisotopic (exact) mass is 443 g/mol. The summed E-state index contributed by atoms with van der Waals surface area (Å²) < 4.78 is 2.02. The molecule has 3 amide bonds. The second kappa shape index (κ2) is 8.32. The van der Waals surface area contributed by atoms with Crippen molar-refractivity contribution in [3.8, 4) is 5.69 Å². The van der Waals surface area contributed by atoms with E-state index in [-0.39, 0.29) is 12.5 Å². The second-order valence-corrected chi connectivity index (χ2v) is 8.87. The van der Waals surface area contributed by atoms with Crippen LogP contribution < -0.4 is 0 Å². The molecule has 2 aromatic rings. The zero-order valence-corrected chi connectivity index (χ0v) is 18.4. The summed E-state index contributed by atoms with van der Waals surface area (Å²) in [4.78, 5) is 40.7. The number of aryl methyl sites for hydroxylation is 1. The molecule has 0 unspecified atom stereocenters. The van der Waals surface area contributed by atoms with Crippen molar-refractivity contribution in [3.63, 3.8) is 0 Å². The first kappa shape index (κ1) is 20.8. The molecule has 2 saturated heterocycles. The Labute approximate surface area is 184 Å². The maximum Gasteiger partial charge on any atom is 0.294 e. The minimum atomic E-state index is -0.417. The Hall–Kier alpha value is -2.51. The lowest BCUT2D eigenvalue weighted by molar-refractivity contribution is -0.135. The number of rotatable bonds is 4. The highest BCUT2D eigenvalue weighted by atomic mass is 35.5. The average Bonchev–Trinajstić information content (AvgIpc) is 3.40. The normalized spacial score (nSPS) is 18.2. The Bertz CT molecular complexity index is 1070. The number of likely N-dealkylation sites (tertiary alicyclic amines) is 1. The molecular weight excluding hydrogens is 422 g/mol. The lowest BCUT2D eigenvalue weighted by Gasteiger charge is -2.18. The summed E-state index contributed by atoms with van der Waals surface area (Å²) in [5.74, 6) is -0.590. The Kier molecular flexibility index (Phi) is 5.75. The zero-order valence-electron chi connectivity index (χ0n) is 16.9. The number of amides is 3. The smallest absolute Gasteiger partial charge is 0.294 e. The van der Waals surface area contributed by atoms with E-state index < -0.39 is 11.1 Å². The number of thioether (sulfide) groups is 1. The van der Waals surface area contributed by atoms with Crippen molar-refractivity contribution in [3.05, 3.63) is 57.2 Å². The van der Waals surface area contributed by atoms with Crippen LogP contribution >= 0.6 is 23.4 Å². The van der Waals surface area contributed by atoms with Gasteiger partial charge >= 0.3 is 0 Å². The Morgan fingerprint density at radius 2 is 1.87 bits per heavy atom. The summed E-state index contributed by atoms with van der Waals surface area (Å²) in [6, 6.07) is 9.52. The van der Waals surface area contributed by atoms with Gasteiger partial charge in [0.1, 0.15) is 6.54 Å². The molecule has 0 spiro atoms. The van der Waals surface area contributed by atoms with Crippen molar-refractivity contribution >= 4 is 46.5 Å². The molecule has 2 aliphatic rings. The van der Waals surface area contributed by atoms with Crippen LogP contribution in [0.5, 0.6) is 0 Å². The molecular formula is C22H22ClN3O3S. The van der Waals surface area contributed by atoms with Gasteiger partial charge < -0.3 is 9.47 Å². The van der Waals surface area contributed by atoms with Gasteiger partial charge in [0.25, 0.3) is 11.1 Å². The maximum atomic E-state index is 12.8. The lowest BCUT2D eigenvalue weighted by atomic mass is 10.2. The molecule has 2 fully saturated rings. The minimum Gasteiger partial charge on any atom is -0.341 e. The van der Waals surface area contributed by atoms with Crippen LogP contribution in [0.4, 0.5) is 4.79 Å². The van der Waals surface area contributed by atoms with Crippen LogP contribution in [0.15, 0.2) is 35.2 Å². The van der Waals surface area contributed by atoms with E-state index in [0.29, 0.717) is 23.0 Å².